The van der Waals surface area contributed by atoms with Gasteiger partial charge in [-0.15, -0.1) is 0 Å². The third-order valence-electron chi connectivity index (χ3n) is 5.00. The van der Waals surface area contributed by atoms with Gasteiger partial charge in [0.2, 0.25) is 17.7 Å². The lowest BCUT2D eigenvalue weighted by molar-refractivity contribution is -0.142. The van der Waals surface area contributed by atoms with E-state index in [1.165, 1.54) is 24.3 Å². The van der Waals surface area contributed by atoms with Crippen LogP contribution in [-0.2, 0) is 25.6 Å². The highest BCUT2D eigenvalue weighted by Gasteiger charge is 2.30. The Balaban J connectivity index is 1.96. The molecule has 32 heavy (non-hydrogen) atoms. The van der Waals surface area contributed by atoms with Crippen molar-refractivity contribution in [3.05, 3.63) is 29.8 Å². The highest BCUT2D eigenvalue weighted by atomic mass is 32.1. The number of amides is 3. The van der Waals surface area contributed by atoms with Crippen LogP contribution in [0.5, 0.6) is 5.75 Å². The first-order chi connectivity index (χ1) is 15.2. The summed E-state index contributed by atoms with van der Waals surface area (Å²) in [6, 6.07) is 1.62. The fourth-order valence-electron chi connectivity index (χ4n) is 3.18. The van der Waals surface area contributed by atoms with Crippen molar-refractivity contribution in [2.45, 2.75) is 43.4 Å². The van der Waals surface area contributed by atoms with Crippen LogP contribution < -0.4 is 21.3 Å². The molecule has 1 aromatic rings. The van der Waals surface area contributed by atoms with E-state index in [0.29, 0.717) is 18.5 Å². The van der Waals surface area contributed by atoms with E-state index in [0.717, 1.165) is 6.42 Å². The maximum absolute atomic E-state index is 12.5. The van der Waals surface area contributed by atoms with E-state index in [2.05, 4.69) is 33.9 Å². The molecule has 1 aliphatic heterocycles. The number of benzene rings is 1. The molecule has 1 aromatic carbocycles. The highest BCUT2D eigenvalue weighted by Crippen LogP contribution is 2.11. The van der Waals surface area contributed by atoms with Crippen molar-refractivity contribution >= 4 is 36.3 Å². The van der Waals surface area contributed by atoms with Gasteiger partial charge in [0.1, 0.15) is 23.9 Å². The van der Waals surface area contributed by atoms with Gasteiger partial charge in [-0.25, -0.2) is 4.79 Å². The van der Waals surface area contributed by atoms with Crippen molar-refractivity contribution in [2.24, 2.45) is 0 Å². The van der Waals surface area contributed by atoms with Crippen LogP contribution >= 0.6 is 12.6 Å². The quantitative estimate of drug-likeness (QED) is 0.174. The number of carbonyl (C=O) groups is 4. The number of phenolic OH excluding ortho intramolecular Hbond substituents is 1. The van der Waals surface area contributed by atoms with Crippen LogP contribution in [0.3, 0.4) is 0 Å². The Morgan fingerprint density at radius 1 is 1.03 bits per heavy atom. The molecule has 0 aliphatic carbocycles. The Hall–Kier alpha value is -2.83. The number of hydrogen-bond donors (Lipinski definition) is 8. The zero-order valence-corrected chi connectivity index (χ0v) is 18.2. The van der Waals surface area contributed by atoms with Crippen molar-refractivity contribution in [3.63, 3.8) is 0 Å². The van der Waals surface area contributed by atoms with Gasteiger partial charge in [0.25, 0.3) is 0 Å². The zero-order valence-electron chi connectivity index (χ0n) is 17.3. The fourth-order valence-corrected chi connectivity index (χ4v) is 3.44. The predicted molar refractivity (Wildman–Crippen MR) is 117 cm³/mol. The molecule has 0 spiro atoms. The minimum atomic E-state index is -1.42. The van der Waals surface area contributed by atoms with Crippen LogP contribution in [0, 0.1) is 0 Å². The van der Waals surface area contributed by atoms with Gasteiger partial charge < -0.3 is 36.6 Å². The topological polar surface area (TPSA) is 177 Å². The van der Waals surface area contributed by atoms with Crippen LogP contribution in [0.15, 0.2) is 24.3 Å². The first kappa shape index (κ1) is 25.4. The molecule has 0 radical (unpaired) electrons. The molecule has 11 nitrogen and oxygen atoms in total. The summed E-state index contributed by atoms with van der Waals surface area (Å²) >= 11 is 4.07. The predicted octanol–water partition coefficient (Wildman–Crippen LogP) is -1.85. The van der Waals surface area contributed by atoms with Gasteiger partial charge in [-0.05, 0) is 37.1 Å². The third-order valence-corrected chi connectivity index (χ3v) is 5.36. The number of carboxylic acids is 1. The number of aliphatic hydroxyl groups excluding tert-OH is 1. The lowest BCUT2D eigenvalue weighted by atomic mass is 10.1. The molecular weight excluding hydrogens is 440 g/mol. The maximum atomic E-state index is 12.5. The van der Waals surface area contributed by atoms with Gasteiger partial charge in [-0.3, -0.25) is 14.4 Å². The fraction of sp³-hybridized carbons (Fsp3) is 0.500. The zero-order chi connectivity index (χ0) is 23.7. The summed E-state index contributed by atoms with van der Waals surface area (Å²) in [6.07, 6.45) is 1.42. The number of thiol groups is 1. The molecule has 7 N–H and O–H groups in total. The number of nitrogens with one attached hydrogen (secondary N) is 4. The lowest BCUT2D eigenvalue weighted by Crippen LogP contribution is -2.58. The number of phenols is 1. The van der Waals surface area contributed by atoms with Gasteiger partial charge >= 0.3 is 5.97 Å². The number of aliphatic hydroxyl groups is 1. The molecule has 4 atom stereocenters. The second kappa shape index (κ2) is 12.3. The molecule has 12 heteroatoms. The van der Waals surface area contributed by atoms with Crippen molar-refractivity contribution in [1.29, 1.82) is 0 Å². The molecule has 1 saturated heterocycles. The first-order valence-corrected chi connectivity index (χ1v) is 10.7. The van der Waals surface area contributed by atoms with Gasteiger partial charge in [0, 0.05) is 12.2 Å². The lowest BCUT2D eigenvalue weighted by Gasteiger charge is -2.23. The summed E-state index contributed by atoms with van der Waals surface area (Å²) in [7, 11) is 0. The monoisotopic (exact) mass is 468 g/mol. The summed E-state index contributed by atoms with van der Waals surface area (Å²) in [5.74, 6) is -3.31. The van der Waals surface area contributed by atoms with E-state index >= 15 is 0 Å². The Labute approximate surface area is 190 Å². The molecule has 1 heterocycles. The Morgan fingerprint density at radius 2 is 1.66 bits per heavy atom. The highest BCUT2D eigenvalue weighted by molar-refractivity contribution is 7.80. The summed E-state index contributed by atoms with van der Waals surface area (Å²) in [6.45, 7) is -0.0714. The number of aliphatic carboxylic acids is 1. The largest absolute Gasteiger partial charge is 0.508 e. The van der Waals surface area contributed by atoms with E-state index in [1.54, 1.807) is 0 Å². The molecule has 1 aliphatic rings. The summed E-state index contributed by atoms with van der Waals surface area (Å²) < 4.78 is 0. The summed E-state index contributed by atoms with van der Waals surface area (Å²) in [4.78, 5) is 48.8. The Bertz CT molecular complexity index is 815. The van der Waals surface area contributed by atoms with Crippen LogP contribution in [0.25, 0.3) is 0 Å². The van der Waals surface area contributed by atoms with Crippen molar-refractivity contribution in [1.82, 2.24) is 21.3 Å². The molecule has 176 valence electrons. The van der Waals surface area contributed by atoms with Crippen LogP contribution in [-0.4, -0.2) is 82.1 Å². The van der Waals surface area contributed by atoms with Gasteiger partial charge in [0.05, 0.1) is 12.6 Å². The molecule has 0 bridgehead atoms. The van der Waals surface area contributed by atoms with E-state index in [4.69, 9.17) is 0 Å². The SMILES string of the molecule is O=C(O)C(Cc1ccc(O)cc1)NC(=O)C(CO)NC(=O)C(CS)NC(=O)C1CCCN1. The second-order valence-electron chi connectivity index (χ2n) is 7.41. The summed E-state index contributed by atoms with van der Waals surface area (Å²) in [5.41, 5.74) is 0.554. The maximum Gasteiger partial charge on any atom is 0.326 e. The smallest absolute Gasteiger partial charge is 0.326 e. The molecular formula is C20H28N4O7S. The van der Waals surface area contributed by atoms with E-state index in [9.17, 15) is 34.5 Å². The number of aromatic hydroxyl groups is 1. The number of carboxylic acid groups (broad SMARTS) is 1. The van der Waals surface area contributed by atoms with E-state index < -0.39 is 48.6 Å². The minimum absolute atomic E-state index is 0.0160. The number of rotatable bonds is 11. The van der Waals surface area contributed by atoms with Gasteiger partial charge in [-0.1, -0.05) is 12.1 Å². The Morgan fingerprint density at radius 3 is 2.19 bits per heavy atom. The van der Waals surface area contributed by atoms with Gasteiger partial charge in [0.15, 0.2) is 0 Å². The van der Waals surface area contributed by atoms with Crippen molar-refractivity contribution in [3.8, 4) is 5.75 Å². The Kier molecular flexibility index (Phi) is 9.75. The molecule has 2 rings (SSSR count). The molecule has 1 fully saturated rings. The standard InChI is InChI=1S/C20H28N4O7S/c25-9-15(23-19(29)16(10-32)24-17(27)13-2-1-7-21-13)18(28)22-14(20(30)31)8-11-3-5-12(26)6-4-11/h3-6,13-16,21,25-26,32H,1-2,7-10H2,(H,22,28)(H,23,29)(H,24,27)(H,30,31). The first-order valence-electron chi connectivity index (χ1n) is 10.1. The number of hydrogen-bond acceptors (Lipinski definition) is 8. The average Bonchev–Trinajstić information content (AvgIpc) is 3.31. The number of carbonyl (C=O) groups excluding carboxylic acids is 3. The van der Waals surface area contributed by atoms with Gasteiger partial charge in [-0.2, -0.15) is 12.6 Å². The van der Waals surface area contributed by atoms with Crippen LogP contribution in [0.2, 0.25) is 0 Å². The molecule has 0 saturated carbocycles. The van der Waals surface area contributed by atoms with E-state index in [-0.39, 0.29) is 23.8 Å². The average molecular weight is 469 g/mol. The normalized spacial score (nSPS) is 18.2. The third kappa shape index (κ3) is 7.39. The molecule has 4 unspecified atom stereocenters. The van der Waals surface area contributed by atoms with Crippen LogP contribution in [0.1, 0.15) is 18.4 Å². The molecule has 3 amide bonds. The minimum Gasteiger partial charge on any atom is -0.508 e. The van der Waals surface area contributed by atoms with Crippen molar-refractivity contribution < 1.29 is 34.5 Å². The van der Waals surface area contributed by atoms with Crippen molar-refractivity contribution in [2.75, 3.05) is 18.9 Å². The van der Waals surface area contributed by atoms with E-state index in [1.807, 2.05) is 0 Å². The molecule has 0 aromatic heterocycles. The van der Waals surface area contributed by atoms with Crippen LogP contribution in [0.4, 0.5) is 0 Å². The summed E-state index contributed by atoms with van der Waals surface area (Å²) in [5, 5.41) is 38.5. The second-order valence-corrected chi connectivity index (χ2v) is 7.77.